The summed E-state index contributed by atoms with van der Waals surface area (Å²) >= 11 is 0. The molecular weight excluding hydrogens is 230 g/mol. The maximum absolute atomic E-state index is 12.0. The van der Waals surface area contributed by atoms with Gasteiger partial charge < -0.3 is 10.2 Å². The number of hydrogen-bond donors (Lipinski definition) is 1. The molecule has 1 aromatic heterocycles. The zero-order chi connectivity index (χ0) is 13.5. The monoisotopic (exact) mass is 247 g/mol. The molecule has 1 amide bonds. The lowest BCUT2D eigenvalue weighted by Gasteiger charge is -2.22. The topological polar surface area (TPSA) is 81.9 Å². The van der Waals surface area contributed by atoms with E-state index in [0.29, 0.717) is 12.2 Å². The number of carbonyl (C=O) groups is 1. The number of anilines is 1. The Balaban J connectivity index is 2.75. The van der Waals surface area contributed by atoms with Crippen LogP contribution in [0.1, 0.15) is 30.8 Å². The molecule has 1 atom stereocenters. The quantitative estimate of drug-likeness (QED) is 0.847. The van der Waals surface area contributed by atoms with Crippen LogP contribution in [-0.4, -0.2) is 40.4 Å². The van der Waals surface area contributed by atoms with E-state index in [0.717, 1.165) is 6.54 Å². The highest BCUT2D eigenvalue weighted by atomic mass is 16.2. The van der Waals surface area contributed by atoms with Gasteiger partial charge in [0.05, 0.1) is 24.9 Å². The Kier molecular flexibility index (Phi) is 5.06. The van der Waals surface area contributed by atoms with Gasteiger partial charge in [0.15, 0.2) is 0 Å². The largest absolute Gasteiger partial charge is 0.369 e. The number of aromatic nitrogens is 2. The minimum Gasteiger partial charge on any atom is -0.369 e. The summed E-state index contributed by atoms with van der Waals surface area (Å²) in [5.74, 6) is 0.412. The Morgan fingerprint density at radius 2 is 2.28 bits per heavy atom. The molecule has 6 heteroatoms. The van der Waals surface area contributed by atoms with Crippen molar-refractivity contribution in [3.05, 3.63) is 18.1 Å². The summed E-state index contributed by atoms with van der Waals surface area (Å²) in [6.07, 6.45) is 3.26. The van der Waals surface area contributed by atoms with Gasteiger partial charge in [-0.25, -0.2) is 9.97 Å². The van der Waals surface area contributed by atoms with Gasteiger partial charge >= 0.3 is 0 Å². The number of amides is 1. The Bertz CT molecular complexity index is 437. The average molecular weight is 247 g/mol. The van der Waals surface area contributed by atoms with E-state index in [1.807, 2.05) is 19.9 Å². The maximum atomic E-state index is 12.0. The predicted octanol–water partition coefficient (Wildman–Crippen LogP) is 1.28. The zero-order valence-electron chi connectivity index (χ0n) is 10.8. The van der Waals surface area contributed by atoms with Crippen LogP contribution in [0, 0.1) is 11.3 Å². The molecule has 96 valence electrons. The Morgan fingerprint density at radius 3 is 2.78 bits per heavy atom. The summed E-state index contributed by atoms with van der Waals surface area (Å²) in [5.41, 5.74) is 0.281. The summed E-state index contributed by atoms with van der Waals surface area (Å²) < 4.78 is 0. The van der Waals surface area contributed by atoms with Crippen LogP contribution in [0.2, 0.25) is 0 Å². The molecule has 0 aromatic carbocycles. The standard InChI is InChI=1S/C12H17N5O/c1-4-14-11-8-15-10(7-16-11)12(18)17(3)9(2)5-6-13/h7-9H,4-5H2,1-3H3,(H,14,16). The van der Waals surface area contributed by atoms with Gasteiger partial charge in [0.2, 0.25) is 0 Å². The van der Waals surface area contributed by atoms with Crippen LogP contribution in [0.15, 0.2) is 12.4 Å². The second kappa shape index (κ2) is 6.55. The summed E-state index contributed by atoms with van der Waals surface area (Å²) in [5, 5.41) is 11.6. The third kappa shape index (κ3) is 3.42. The lowest BCUT2D eigenvalue weighted by molar-refractivity contribution is 0.0740. The van der Waals surface area contributed by atoms with Gasteiger partial charge in [0.25, 0.3) is 5.91 Å². The highest BCUT2D eigenvalue weighted by Gasteiger charge is 2.18. The fourth-order valence-corrected chi connectivity index (χ4v) is 1.36. The molecule has 0 bridgehead atoms. The molecular formula is C12H17N5O. The molecule has 0 saturated carbocycles. The number of nitriles is 1. The van der Waals surface area contributed by atoms with Crippen molar-refractivity contribution < 1.29 is 4.79 Å². The molecule has 1 rings (SSSR count). The number of rotatable bonds is 5. The van der Waals surface area contributed by atoms with Crippen LogP contribution in [0.4, 0.5) is 5.82 Å². The molecule has 1 heterocycles. The molecule has 0 fully saturated rings. The van der Waals surface area contributed by atoms with Crippen molar-refractivity contribution in [2.24, 2.45) is 0 Å². The van der Waals surface area contributed by atoms with E-state index >= 15 is 0 Å². The minimum atomic E-state index is -0.228. The van der Waals surface area contributed by atoms with E-state index in [2.05, 4.69) is 15.3 Å². The Hall–Kier alpha value is -2.16. The van der Waals surface area contributed by atoms with Crippen LogP contribution < -0.4 is 5.32 Å². The third-order valence-corrected chi connectivity index (χ3v) is 2.60. The fourth-order valence-electron chi connectivity index (χ4n) is 1.36. The molecule has 0 saturated heterocycles. The van der Waals surface area contributed by atoms with E-state index in [4.69, 9.17) is 5.26 Å². The second-order valence-corrected chi connectivity index (χ2v) is 3.94. The average Bonchev–Trinajstić information content (AvgIpc) is 2.38. The maximum Gasteiger partial charge on any atom is 0.274 e. The first-order valence-corrected chi connectivity index (χ1v) is 5.80. The molecule has 18 heavy (non-hydrogen) atoms. The van der Waals surface area contributed by atoms with Crippen molar-refractivity contribution in [1.29, 1.82) is 5.26 Å². The van der Waals surface area contributed by atoms with Crippen molar-refractivity contribution in [2.45, 2.75) is 26.3 Å². The van der Waals surface area contributed by atoms with E-state index < -0.39 is 0 Å². The molecule has 0 aliphatic heterocycles. The summed E-state index contributed by atoms with van der Waals surface area (Å²) in [4.78, 5) is 21.7. The molecule has 0 spiro atoms. The van der Waals surface area contributed by atoms with E-state index in [-0.39, 0.29) is 17.6 Å². The molecule has 6 nitrogen and oxygen atoms in total. The number of nitrogens with zero attached hydrogens (tertiary/aromatic N) is 4. The fraction of sp³-hybridized carbons (Fsp3) is 0.500. The highest BCUT2D eigenvalue weighted by molar-refractivity contribution is 5.92. The molecule has 1 N–H and O–H groups in total. The lowest BCUT2D eigenvalue weighted by atomic mass is 10.2. The van der Waals surface area contributed by atoms with Crippen molar-refractivity contribution in [3.63, 3.8) is 0 Å². The third-order valence-electron chi connectivity index (χ3n) is 2.60. The number of nitrogens with one attached hydrogen (secondary N) is 1. The molecule has 1 aromatic rings. The summed E-state index contributed by atoms with van der Waals surface area (Å²) in [7, 11) is 1.66. The lowest BCUT2D eigenvalue weighted by Crippen LogP contribution is -2.35. The summed E-state index contributed by atoms with van der Waals surface area (Å²) in [6.45, 7) is 4.53. The van der Waals surface area contributed by atoms with Crippen molar-refractivity contribution >= 4 is 11.7 Å². The first kappa shape index (κ1) is 13.9. The van der Waals surface area contributed by atoms with E-state index in [9.17, 15) is 4.79 Å². The van der Waals surface area contributed by atoms with Gasteiger partial charge in [-0.3, -0.25) is 4.79 Å². The molecule has 0 radical (unpaired) electrons. The second-order valence-electron chi connectivity index (χ2n) is 3.94. The van der Waals surface area contributed by atoms with E-state index in [1.54, 1.807) is 7.05 Å². The number of hydrogen-bond acceptors (Lipinski definition) is 5. The molecule has 0 aliphatic carbocycles. The Labute approximate surface area is 107 Å². The van der Waals surface area contributed by atoms with Crippen LogP contribution >= 0.6 is 0 Å². The van der Waals surface area contributed by atoms with E-state index in [1.165, 1.54) is 17.3 Å². The molecule has 0 aliphatic rings. The predicted molar refractivity (Wildman–Crippen MR) is 68.0 cm³/mol. The first-order valence-electron chi connectivity index (χ1n) is 5.80. The van der Waals surface area contributed by atoms with Gasteiger partial charge in [0.1, 0.15) is 11.5 Å². The van der Waals surface area contributed by atoms with Crippen LogP contribution in [0.3, 0.4) is 0 Å². The SMILES string of the molecule is CCNc1cnc(C(=O)N(C)C(C)CC#N)cn1. The van der Waals surface area contributed by atoms with Crippen molar-refractivity contribution in [3.8, 4) is 6.07 Å². The minimum absolute atomic E-state index is 0.141. The molecule has 1 unspecified atom stereocenters. The van der Waals surface area contributed by atoms with Crippen LogP contribution in [0.25, 0.3) is 0 Å². The Morgan fingerprint density at radius 1 is 1.56 bits per heavy atom. The van der Waals surface area contributed by atoms with Gasteiger partial charge in [-0.2, -0.15) is 5.26 Å². The highest BCUT2D eigenvalue weighted by Crippen LogP contribution is 2.07. The smallest absolute Gasteiger partial charge is 0.274 e. The van der Waals surface area contributed by atoms with Gasteiger partial charge in [-0.05, 0) is 13.8 Å². The van der Waals surface area contributed by atoms with Crippen molar-refractivity contribution in [1.82, 2.24) is 14.9 Å². The van der Waals surface area contributed by atoms with Gasteiger partial charge in [0, 0.05) is 19.6 Å². The zero-order valence-corrected chi connectivity index (χ0v) is 10.8. The normalized spacial score (nSPS) is 11.4. The number of carbonyl (C=O) groups excluding carboxylic acids is 1. The van der Waals surface area contributed by atoms with Crippen LogP contribution in [-0.2, 0) is 0 Å². The van der Waals surface area contributed by atoms with Crippen molar-refractivity contribution in [2.75, 3.05) is 18.9 Å². The summed E-state index contributed by atoms with van der Waals surface area (Å²) in [6, 6.07) is 1.90. The van der Waals surface area contributed by atoms with Gasteiger partial charge in [-0.1, -0.05) is 0 Å². The first-order chi connectivity index (χ1) is 8.60. The van der Waals surface area contributed by atoms with Crippen LogP contribution in [0.5, 0.6) is 0 Å². The van der Waals surface area contributed by atoms with Gasteiger partial charge in [-0.15, -0.1) is 0 Å².